The maximum Gasteiger partial charge on any atom is 0.0847 e. The van der Waals surface area contributed by atoms with Crippen LogP contribution in [0.4, 0.5) is 0 Å². The Kier molecular flexibility index (Phi) is 1.82. The van der Waals surface area contributed by atoms with Crippen LogP contribution in [0, 0.1) is 6.07 Å². The van der Waals surface area contributed by atoms with Crippen LogP contribution in [0.1, 0.15) is 5.69 Å². The van der Waals surface area contributed by atoms with Gasteiger partial charge in [-0.2, -0.15) is 5.10 Å². The molecule has 0 saturated carbocycles. The molecular formula is C8H7N4. The van der Waals surface area contributed by atoms with Gasteiger partial charge in [0.2, 0.25) is 0 Å². The zero-order valence-corrected chi connectivity index (χ0v) is 6.38. The third kappa shape index (κ3) is 1.47. The molecule has 0 unspecified atom stereocenters. The molecule has 0 atom stereocenters. The molecule has 0 saturated heterocycles. The van der Waals surface area contributed by atoms with Gasteiger partial charge in [0.1, 0.15) is 0 Å². The molecule has 2 heterocycles. The molecule has 59 valence electrons. The highest BCUT2D eigenvalue weighted by molar-refractivity contribution is 4.95. The summed E-state index contributed by atoms with van der Waals surface area (Å²) in [6, 6.07) is 2.85. The first-order valence-electron chi connectivity index (χ1n) is 3.58. The molecule has 4 heteroatoms. The van der Waals surface area contributed by atoms with Gasteiger partial charge >= 0.3 is 0 Å². The summed E-state index contributed by atoms with van der Waals surface area (Å²) in [6.07, 6.45) is 8.44. The summed E-state index contributed by atoms with van der Waals surface area (Å²) in [6.45, 7) is 0.650. The molecule has 0 amide bonds. The van der Waals surface area contributed by atoms with Gasteiger partial charge in [-0.15, -0.1) is 0 Å². The van der Waals surface area contributed by atoms with Crippen LogP contribution in [0.3, 0.4) is 0 Å². The summed E-state index contributed by atoms with van der Waals surface area (Å²) in [5.74, 6) is 0. The molecule has 1 radical (unpaired) electrons. The van der Waals surface area contributed by atoms with E-state index in [-0.39, 0.29) is 0 Å². The lowest BCUT2D eigenvalue weighted by Crippen LogP contribution is -2.01. The van der Waals surface area contributed by atoms with Gasteiger partial charge in [0.05, 0.1) is 24.6 Å². The number of hydrogen-bond donors (Lipinski definition) is 0. The van der Waals surface area contributed by atoms with Gasteiger partial charge in [-0.3, -0.25) is 14.6 Å². The summed E-state index contributed by atoms with van der Waals surface area (Å²) in [5, 5.41) is 4.00. The van der Waals surface area contributed by atoms with Crippen molar-refractivity contribution >= 4 is 0 Å². The minimum Gasteiger partial charge on any atom is -0.266 e. The molecule has 0 aromatic carbocycles. The Bertz CT molecular complexity index is 327. The lowest BCUT2D eigenvalue weighted by Gasteiger charge is -1.98. The highest BCUT2D eigenvalue weighted by atomic mass is 15.3. The van der Waals surface area contributed by atoms with Crippen LogP contribution in [0.2, 0.25) is 0 Å². The van der Waals surface area contributed by atoms with Gasteiger partial charge in [-0.25, -0.2) is 0 Å². The predicted molar refractivity (Wildman–Crippen MR) is 42.2 cm³/mol. The second-order valence-electron chi connectivity index (χ2n) is 2.33. The molecule has 0 aliphatic rings. The summed E-state index contributed by atoms with van der Waals surface area (Å²) < 4.78 is 1.75. The average molecular weight is 159 g/mol. The standard InChI is InChI=1S/C8H7N4/c1-2-11-12(5-1)7-8-6-9-3-4-10-8/h2-6H,7H2. The van der Waals surface area contributed by atoms with Gasteiger partial charge in [0.25, 0.3) is 0 Å². The van der Waals surface area contributed by atoms with Gasteiger partial charge < -0.3 is 0 Å². The van der Waals surface area contributed by atoms with Crippen LogP contribution in [-0.4, -0.2) is 19.7 Å². The van der Waals surface area contributed by atoms with Crippen LogP contribution >= 0.6 is 0 Å². The van der Waals surface area contributed by atoms with Crippen molar-refractivity contribution in [1.29, 1.82) is 0 Å². The maximum atomic E-state index is 4.12. The second kappa shape index (κ2) is 3.13. The molecule has 12 heavy (non-hydrogen) atoms. The molecule has 0 N–H and O–H groups in total. The fourth-order valence-corrected chi connectivity index (χ4v) is 0.924. The number of nitrogens with zero attached hydrogens (tertiary/aromatic N) is 4. The predicted octanol–water partition coefficient (Wildman–Crippen LogP) is 0.522. The Morgan fingerprint density at radius 3 is 3.08 bits per heavy atom. The van der Waals surface area contributed by atoms with E-state index in [4.69, 9.17) is 0 Å². The fourth-order valence-electron chi connectivity index (χ4n) is 0.924. The van der Waals surface area contributed by atoms with E-state index in [1.807, 2.05) is 0 Å². The molecule has 0 bridgehead atoms. The van der Waals surface area contributed by atoms with Crippen molar-refractivity contribution in [3.63, 3.8) is 0 Å². The number of rotatable bonds is 2. The van der Waals surface area contributed by atoms with Crippen LogP contribution in [0.25, 0.3) is 0 Å². The average Bonchev–Trinajstić information content (AvgIpc) is 2.59. The first-order chi connectivity index (χ1) is 5.95. The minimum atomic E-state index is 0.650. The van der Waals surface area contributed by atoms with E-state index in [2.05, 4.69) is 21.1 Å². The van der Waals surface area contributed by atoms with Crippen molar-refractivity contribution in [2.45, 2.75) is 6.54 Å². The number of hydrogen-bond acceptors (Lipinski definition) is 3. The van der Waals surface area contributed by atoms with Crippen molar-refractivity contribution in [2.24, 2.45) is 0 Å². The molecular weight excluding hydrogens is 152 g/mol. The van der Waals surface area contributed by atoms with Gasteiger partial charge in [-0.1, -0.05) is 0 Å². The molecule has 2 aromatic rings. The van der Waals surface area contributed by atoms with Crippen LogP contribution < -0.4 is 0 Å². The van der Waals surface area contributed by atoms with Crippen molar-refractivity contribution in [2.75, 3.05) is 0 Å². The smallest absolute Gasteiger partial charge is 0.0847 e. The van der Waals surface area contributed by atoms with E-state index < -0.39 is 0 Å². The normalized spacial score (nSPS) is 10.0. The highest BCUT2D eigenvalue weighted by Crippen LogP contribution is 1.93. The quantitative estimate of drug-likeness (QED) is 0.641. The van der Waals surface area contributed by atoms with Gasteiger partial charge in [0.15, 0.2) is 0 Å². The third-order valence-electron chi connectivity index (χ3n) is 1.44. The van der Waals surface area contributed by atoms with Gasteiger partial charge in [0, 0.05) is 24.7 Å². The van der Waals surface area contributed by atoms with E-state index >= 15 is 0 Å². The lowest BCUT2D eigenvalue weighted by molar-refractivity contribution is 0.669. The maximum absolute atomic E-state index is 4.12. The van der Waals surface area contributed by atoms with Crippen LogP contribution in [0.15, 0.2) is 31.0 Å². The first-order valence-corrected chi connectivity index (χ1v) is 3.58. The third-order valence-corrected chi connectivity index (χ3v) is 1.44. The Morgan fingerprint density at radius 1 is 1.42 bits per heavy atom. The Labute approximate surface area is 69.9 Å². The molecule has 0 aliphatic carbocycles. The minimum absolute atomic E-state index is 0.650. The summed E-state index contributed by atoms with van der Waals surface area (Å²) >= 11 is 0. The summed E-state index contributed by atoms with van der Waals surface area (Å²) in [4.78, 5) is 8.07. The zero-order chi connectivity index (χ0) is 8.23. The van der Waals surface area contributed by atoms with Gasteiger partial charge in [-0.05, 0) is 0 Å². The Balaban J connectivity index is 2.15. The van der Waals surface area contributed by atoms with E-state index in [0.29, 0.717) is 6.54 Å². The molecule has 2 rings (SSSR count). The molecule has 2 aromatic heterocycles. The lowest BCUT2D eigenvalue weighted by atomic mass is 10.4. The van der Waals surface area contributed by atoms with Crippen LogP contribution in [-0.2, 0) is 6.54 Å². The van der Waals surface area contributed by atoms with Crippen molar-refractivity contribution in [3.8, 4) is 0 Å². The second-order valence-corrected chi connectivity index (χ2v) is 2.33. The van der Waals surface area contributed by atoms with E-state index in [9.17, 15) is 0 Å². The first kappa shape index (κ1) is 6.97. The van der Waals surface area contributed by atoms with Crippen molar-refractivity contribution in [1.82, 2.24) is 19.7 Å². The molecule has 0 fully saturated rings. The summed E-state index contributed by atoms with van der Waals surface area (Å²) in [5.41, 5.74) is 0.898. The number of aromatic nitrogens is 4. The monoisotopic (exact) mass is 159 g/mol. The highest BCUT2D eigenvalue weighted by Gasteiger charge is 1.94. The Hall–Kier alpha value is -1.71. The van der Waals surface area contributed by atoms with E-state index in [1.54, 1.807) is 35.7 Å². The Morgan fingerprint density at radius 2 is 2.42 bits per heavy atom. The van der Waals surface area contributed by atoms with Crippen molar-refractivity contribution in [3.05, 3.63) is 42.7 Å². The molecule has 4 nitrogen and oxygen atoms in total. The molecule has 0 spiro atoms. The zero-order valence-electron chi connectivity index (χ0n) is 6.38. The molecule has 0 aliphatic heterocycles. The SMILES string of the molecule is [c]1cnn(Cc2cnccn2)c1. The topological polar surface area (TPSA) is 43.6 Å². The van der Waals surface area contributed by atoms with Crippen LogP contribution in [0.5, 0.6) is 0 Å². The largest absolute Gasteiger partial charge is 0.266 e. The van der Waals surface area contributed by atoms with E-state index in [1.165, 1.54) is 0 Å². The fraction of sp³-hybridized carbons (Fsp3) is 0.125. The van der Waals surface area contributed by atoms with E-state index in [0.717, 1.165) is 5.69 Å². The summed E-state index contributed by atoms with van der Waals surface area (Å²) in [7, 11) is 0. The van der Waals surface area contributed by atoms with Crippen molar-refractivity contribution < 1.29 is 0 Å².